The Bertz CT molecular complexity index is 691. The van der Waals surface area contributed by atoms with Crippen LogP contribution in [-0.4, -0.2) is 19.6 Å². The molecule has 0 unspecified atom stereocenters. The van der Waals surface area contributed by atoms with E-state index >= 15 is 0 Å². The van der Waals surface area contributed by atoms with Gasteiger partial charge in [0.2, 0.25) is 5.16 Å². The Morgan fingerprint density at radius 2 is 1.83 bits per heavy atom. The van der Waals surface area contributed by atoms with E-state index in [2.05, 4.69) is 15.1 Å². The summed E-state index contributed by atoms with van der Waals surface area (Å²) in [7, 11) is 0. The van der Waals surface area contributed by atoms with Gasteiger partial charge >= 0.3 is 0 Å². The Balaban J connectivity index is 2.01. The molecule has 0 saturated heterocycles. The largest absolute Gasteiger partial charge is 0.253 e. The summed E-state index contributed by atoms with van der Waals surface area (Å²) in [5, 5.41) is 5.18. The lowest BCUT2D eigenvalue weighted by molar-refractivity contribution is 0.843. The van der Waals surface area contributed by atoms with Gasteiger partial charge < -0.3 is 0 Å². The van der Waals surface area contributed by atoms with Crippen molar-refractivity contribution in [2.45, 2.75) is 23.9 Å². The van der Waals surface area contributed by atoms with E-state index in [9.17, 15) is 0 Å². The van der Waals surface area contributed by atoms with Crippen molar-refractivity contribution in [3.05, 3.63) is 47.8 Å². The normalized spacial score (nSPS) is 11.0. The van der Waals surface area contributed by atoms with E-state index in [0.717, 1.165) is 21.4 Å². The molecular weight excluding hydrogens is 244 g/mol. The minimum atomic E-state index is 0.658. The molecule has 1 aromatic carbocycles. The van der Waals surface area contributed by atoms with Gasteiger partial charge in [-0.3, -0.25) is 0 Å². The third-order valence-corrected chi connectivity index (χ3v) is 3.41. The minimum absolute atomic E-state index is 0.658. The van der Waals surface area contributed by atoms with E-state index in [1.165, 1.54) is 0 Å². The lowest BCUT2D eigenvalue weighted by atomic mass is 10.4. The first kappa shape index (κ1) is 11.2. The van der Waals surface area contributed by atoms with Crippen LogP contribution in [-0.2, 0) is 0 Å². The number of nitrogens with zero attached hydrogens (tertiary/aromatic N) is 4. The highest BCUT2D eigenvalue weighted by molar-refractivity contribution is 7.99. The first-order chi connectivity index (χ1) is 8.72. The zero-order valence-corrected chi connectivity index (χ0v) is 11.0. The SMILES string of the molecule is Cc1cc(C)n2nc(Sc3ccccc3)nc2n1. The fourth-order valence-electron chi connectivity index (χ4n) is 1.79. The second kappa shape index (κ2) is 4.42. The van der Waals surface area contributed by atoms with Crippen molar-refractivity contribution in [2.75, 3.05) is 0 Å². The van der Waals surface area contributed by atoms with Crippen molar-refractivity contribution >= 4 is 17.5 Å². The number of hydrogen-bond acceptors (Lipinski definition) is 4. The predicted molar refractivity (Wildman–Crippen MR) is 70.8 cm³/mol. The summed E-state index contributed by atoms with van der Waals surface area (Å²) < 4.78 is 1.78. The third-order valence-electron chi connectivity index (χ3n) is 2.55. The molecule has 0 spiro atoms. The highest BCUT2D eigenvalue weighted by Gasteiger charge is 2.08. The molecule has 0 radical (unpaired) electrons. The molecule has 90 valence electrons. The van der Waals surface area contributed by atoms with Crippen LogP contribution in [0.15, 0.2) is 46.5 Å². The monoisotopic (exact) mass is 256 g/mol. The maximum atomic E-state index is 4.45. The fourth-order valence-corrected chi connectivity index (χ4v) is 2.54. The molecule has 3 rings (SSSR count). The Labute approximate surface area is 109 Å². The third kappa shape index (κ3) is 2.09. The predicted octanol–water partition coefficient (Wildman–Crippen LogP) is 2.89. The van der Waals surface area contributed by atoms with Crippen LogP contribution in [0.5, 0.6) is 0 Å². The molecule has 4 nitrogen and oxygen atoms in total. The maximum Gasteiger partial charge on any atom is 0.253 e. The molecule has 3 aromatic rings. The molecule has 0 N–H and O–H groups in total. The molecule has 2 aromatic heterocycles. The molecule has 0 bridgehead atoms. The molecule has 0 aliphatic rings. The standard InChI is InChI=1S/C13H12N4S/c1-9-8-10(2)17-12(14-9)15-13(16-17)18-11-6-4-3-5-7-11/h3-8H,1-2H3. The number of hydrogen-bond donors (Lipinski definition) is 0. The molecule has 18 heavy (non-hydrogen) atoms. The zero-order chi connectivity index (χ0) is 12.5. The average Bonchev–Trinajstić information content (AvgIpc) is 2.73. The molecule has 0 atom stereocenters. The number of rotatable bonds is 2. The van der Waals surface area contributed by atoms with Crippen LogP contribution >= 0.6 is 11.8 Å². The van der Waals surface area contributed by atoms with Gasteiger partial charge in [-0.05, 0) is 43.8 Å². The topological polar surface area (TPSA) is 43.1 Å². The van der Waals surface area contributed by atoms with Gasteiger partial charge in [-0.25, -0.2) is 9.50 Å². The summed E-state index contributed by atoms with van der Waals surface area (Å²) in [6.45, 7) is 3.97. The van der Waals surface area contributed by atoms with E-state index in [-0.39, 0.29) is 0 Å². The van der Waals surface area contributed by atoms with Gasteiger partial charge in [0.1, 0.15) is 0 Å². The van der Waals surface area contributed by atoms with Gasteiger partial charge in [-0.1, -0.05) is 18.2 Å². The van der Waals surface area contributed by atoms with Crippen molar-refractivity contribution < 1.29 is 0 Å². The smallest absolute Gasteiger partial charge is 0.216 e. The van der Waals surface area contributed by atoms with Gasteiger partial charge in [0.05, 0.1) is 0 Å². The van der Waals surface area contributed by atoms with Crippen molar-refractivity contribution in [3.63, 3.8) is 0 Å². The number of fused-ring (bicyclic) bond motifs is 1. The molecular formula is C13H12N4S. The number of benzene rings is 1. The number of aryl methyl sites for hydroxylation is 2. The van der Waals surface area contributed by atoms with E-state index in [4.69, 9.17) is 0 Å². The van der Waals surface area contributed by atoms with Gasteiger partial charge in [-0.15, -0.1) is 5.10 Å². The van der Waals surface area contributed by atoms with Crippen molar-refractivity contribution in [2.24, 2.45) is 0 Å². The lowest BCUT2D eigenvalue weighted by Crippen LogP contribution is -1.97. The molecule has 0 amide bonds. The Hall–Kier alpha value is -1.88. The Kier molecular flexibility index (Phi) is 2.76. The summed E-state index contributed by atoms with van der Waals surface area (Å²) in [6.07, 6.45) is 0. The van der Waals surface area contributed by atoms with Crippen molar-refractivity contribution in [1.29, 1.82) is 0 Å². The van der Waals surface area contributed by atoms with Gasteiger partial charge in [-0.2, -0.15) is 4.98 Å². The molecule has 5 heteroatoms. The van der Waals surface area contributed by atoms with Crippen LogP contribution in [0, 0.1) is 13.8 Å². The zero-order valence-electron chi connectivity index (χ0n) is 10.2. The Morgan fingerprint density at radius 3 is 2.61 bits per heavy atom. The highest BCUT2D eigenvalue weighted by Crippen LogP contribution is 2.24. The fraction of sp³-hybridized carbons (Fsp3) is 0.154. The minimum Gasteiger partial charge on any atom is -0.216 e. The van der Waals surface area contributed by atoms with E-state index < -0.39 is 0 Å². The number of aromatic nitrogens is 4. The molecule has 2 heterocycles. The first-order valence-corrected chi connectivity index (χ1v) is 6.48. The van der Waals surface area contributed by atoms with Gasteiger partial charge in [0.25, 0.3) is 5.78 Å². The quantitative estimate of drug-likeness (QED) is 0.707. The lowest BCUT2D eigenvalue weighted by Gasteiger charge is -1.97. The van der Waals surface area contributed by atoms with Gasteiger partial charge in [0, 0.05) is 16.3 Å². The van der Waals surface area contributed by atoms with E-state index in [0.29, 0.717) is 5.78 Å². The highest BCUT2D eigenvalue weighted by atomic mass is 32.2. The second-order valence-electron chi connectivity index (χ2n) is 4.06. The molecule has 0 aliphatic heterocycles. The van der Waals surface area contributed by atoms with E-state index in [1.807, 2.05) is 50.2 Å². The molecule has 0 saturated carbocycles. The van der Waals surface area contributed by atoms with Crippen molar-refractivity contribution in [1.82, 2.24) is 19.6 Å². The van der Waals surface area contributed by atoms with Crippen LogP contribution in [0.25, 0.3) is 5.78 Å². The van der Waals surface area contributed by atoms with Crippen LogP contribution in [0.2, 0.25) is 0 Å². The van der Waals surface area contributed by atoms with Crippen LogP contribution < -0.4 is 0 Å². The summed E-state index contributed by atoms with van der Waals surface area (Å²) in [4.78, 5) is 9.94. The second-order valence-corrected chi connectivity index (χ2v) is 5.10. The summed E-state index contributed by atoms with van der Waals surface area (Å²) in [5.41, 5.74) is 2.01. The first-order valence-electron chi connectivity index (χ1n) is 5.66. The van der Waals surface area contributed by atoms with Gasteiger partial charge in [0.15, 0.2) is 0 Å². The van der Waals surface area contributed by atoms with Crippen LogP contribution in [0.3, 0.4) is 0 Å². The molecule has 0 aliphatic carbocycles. The average molecular weight is 256 g/mol. The summed E-state index contributed by atoms with van der Waals surface area (Å²) in [6, 6.07) is 12.1. The summed E-state index contributed by atoms with van der Waals surface area (Å²) >= 11 is 1.54. The van der Waals surface area contributed by atoms with E-state index in [1.54, 1.807) is 16.3 Å². The van der Waals surface area contributed by atoms with Crippen molar-refractivity contribution in [3.8, 4) is 0 Å². The van der Waals surface area contributed by atoms with Crippen LogP contribution in [0.1, 0.15) is 11.4 Å². The molecule has 0 fully saturated rings. The Morgan fingerprint density at radius 1 is 1.06 bits per heavy atom. The summed E-state index contributed by atoms with van der Waals surface area (Å²) in [5.74, 6) is 0.658. The maximum absolute atomic E-state index is 4.45. The van der Waals surface area contributed by atoms with Crippen LogP contribution in [0.4, 0.5) is 0 Å².